The second-order valence-corrected chi connectivity index (χ2v) is 18.4. The van der Waals surface area contributed by atoms with Crippen molar-refractivity contribution in [3.63, 3.8) is 0 Å². The molecule has 0 radical (unpaired) electrons. The van der Waals surface area contributed by atoms with Crippen molar-refractivity contribution in [3.05, 3.63) is 122 Å². The van der Waals surface area contributed by atoms with E-state index in [0.29, 0.717) is 84.2 Å². The van der Waals surface area contributed by atoms with Gasteiger partial charge in [-0.1, -0.05) is 53.5 Å². The predicted octanol–water partition coefficient (Wildman–Crippen LogP) is 8.47. The number of methoxy groups -OCH3 is 1. The molecule has 4 aromatic carbocycles. The number of nitrogens with one attached hydrogen (secondary N) is 1. The lowest BCUT2D eigenvalue weighted by Crippen LogP contribution is -2.47. The van der Waals surface area contributed by atoms with Crippen LogP contribution < -0.4 is 19.5 Å². The molecule has 0 unspecified atom stereocenters. The smallest absolute Gasteiger partial charge is 0.309 e. The van der Waals surface area contributed by atoms with E-state index in [2.05, 4.69) is 28.4 Å². The third-order valence-electron chi connectivity index (χ3n) is 12.7. The summed E-state index contributed by atoms with van der Waals surface area (Å²) in [7, 11) is 1.70. The average Bonchev–Trinajstić information content (AvgIpc) is 4.25. The minimum Gasteiger partial charge on any atom is -0.493 e. The van der Waals surface area contributed by atoms with Crippen LogP contribution in [0.5, 0.6) is 17.2 Å². The number of fused-ring (bicyclic) bond motifs is 1. The molecule has 14 heteroatoms. The van der Waals surface area contributed by atoms with Gasteiger partial charge in [-0.3, -0.25) is 24.1 Å². The van der Waals surface area contributed by atoms with Gasteiger partial charge in [0.2, 0.25) is 5.91 Å². The molecule has 8 rings (SSSR count). The van der Waals surface area contributed by atoms with E-state index < -0.39 is 0 Å². The third kappa shape index (κ3) is 11.6. The number of ether oxygens (including phenoxy) is 5. The summed E-state index contributed by atoms with van der Waals surface area (Å²) in [6, 6.07) is 24.9. The molecule has 0 spiro atoms. The number of imide groups is 1. The summed E-state index contributed by atoms with van der Waals surface area (Å²) in [5.74, 6) is 0.723. The summed E-state index contributed by atoms with van der Waals surface area (Å²) >= 11 is 12.7. The number of esters is 1. The van der Waals surface area contributed by atoms with E-state index in [-0.39, 0.29) is 73.2 Å². The molecular weight excluding hydrogens is 869 g/mol. The van der Waals surface area contributed by atoms with E-state index >= 15 is 0 Å². The highest BCUT2D eigenvalue weighted by molar-refractivity contribution is 6.37. The van der Waals surface area contributed by atoms with Crippen LogP contribution in [-0.4, -0.2) is 99.3 Å². The van der Waals surface area contributed by atoms with Gasteiger partial charge in [-0.05, 0) is 135 Å². The fourth-order valence-corrected chi connectivity index (χ4v) is 9.68. The third-order valence-corrected chi connectivity index (χ3v) is 13.2. The van der Waals surface area contributed by atoms with Crippen LogP contribution >= 0.6 is 23.2 Å². The Kier molecular flexibility index (Phi) is 15.3. The zero-order valence-electron chi connectivity index (χ0n) is 37.0. The first-order chi connectivity index (χ1) is 31.6. The van der Waals surface area contributed by atoms with Crippen LogP contribution in [0.2, 0.25) is 10.0 Å². The van der Waals surface area contributed by atoms with Crippen molar-refractivity contribution in [2.75, 3.05) is 59.8 Å². The van der Waals surface area contributed by atoms with Crippen LogP contribution in [0.1, 0.15) is 87.4 Å². The normalized spacial score (nSPS) is 20.0. The maximum Gasteiger partial charge on any atom is 0.309 e. The Bertz CT molecular complexity index is 2300. The lowest BCUT2D eigenvalue weighted by atomic mass is 9.80. The number of amides is 3. The Morgan fingerprint density at radius 2 is 1.49 bits per heavy atom. The molecule has 2 aliphatic carbocycles. The van der Waals surface area contributed by atoms with Crippen LogP contribution in [0, 0.1) is 24.7 Å². The topological polar surface area (TPSA) is 133 Å². The number of nitrogens with zero attached hydrogens (tertiary/aromatic N) is 2. The van der Waals surface area contributed by atoms with Gasteiger partial charge in [0.25, 0.3) is 11.8 Å². The maximum atomic E-state index is 14.6. The van der Waals surface area contributed by atoms with Crippen molar-refractivity contribution in [2.45, 2.75) is 70.4 Å². The van der Waals surface area contributed by atoms with Crippen molar-refractivity contribution >= 4 is 46.9 Å². The predicted molar refractivity (Wildman–Crippen MR) is 247 cm³/mol. The molecule has 4 aliphatic rings. The molecule has 3 fully saturated rings. The van der Waals surface area contributed by atoms with Gasteiger partial charge >= 0.3 is 5.97 Å². The Morgan fingerprint density at radius 1 is 0.785 bits per heavy atom. The molecule has 344 valence electrons. The highest BCUT2D eigenvalue weighted by Gasteiger charge is 2.45. The molecule has 1 saturated heterocycles. The maximum absolute atomic E-state index is 14.6. The number of carbonyl (C=O) groups excluding carboxylic acids is 4. The summed E-state index contributed by atoms with van der Waals surface area (Å²) in [4.78, 5) is 56.2. The van der Waals surface area contributed by atoms with Gasteiger partial charge in [0.1, 0.15) is 24.7 Å². The summed E-state index contributed by atoms with van der Waals surface area (Å²) in [5.41, 5.74) is 5.01. The second kappa shape index (κ2) is 21.4. The van der Waals surface area contributed by atoms with E-state index in [9.17, 15) is 19.2 Å². The van der Waals surface area contributed by atoms with Crippen LogP contribution in [0.15, 0.2) is 78.9 Å². The van der Waals surface area contributed by atoms with Gasteiger partial charge < -0.3 is 33.9 Å². The molecule has 4 aromatic rings. The number of rotatable bonds is 22. The molecule has 0 bridgehead atoms. The highest BCUT2D eigenvalue weighted by Crippen LogP contribution is 2.41. The Hall–Kier alpha value is -5.14. The van der Waals surface area contributed by atoms with Crippen LogP contribution in [-0.2, 0) is 32.0 Å². The number of aryl methyl sites for hydroxylation is 2. The van der Waals surface area contributed by atoms with Gasteiger partial charge in [0.05, 0.1) is 46.2 Å². The quantitative estimate of drug-likeness (QED) is 0.0465. The summed E-state index contributed by atoms with van der Waals surface area (Å²) in [5, 5.41) is 4.42. The van der Waals surface area contributed by atoms with E-state index in [1.165, 1.54) is 4.90 Å². The average molecular weight is 927 g/mol. The van der Waals surface area contributed by atoms with E-state index in [1.807, 2.05) is 43.3 Å². The first kappa shape index (κ1) is 46.4. The molecule has 1 N–H and O–H groups in total. The number of hydrogen-bond acceptors (Lipinski definition) is 10. The second-order valence-electron chi connectivity index (χ2n) is 17.6. The van der Waals surface area contributed by atoms with E-state index in [0.717, 1.165) is 60.9 Å². The molecule has 4 atom stereocenters. The summed E-state index contributed by atoms with van der Waals surface area (Å²) < 4.78 is 29.1. The zero-order valence-corrected chi connectivity index (χ0v) is 38.5. The van der Waals surface area contributed by atoms with E-state index in [4.69, 9.17) is 46.9 Å². The van der Waals surface area contributed by atoms with Crippen molar-refractivity contribution in [3.8, 4) is 17.2 Å². The van der Waals surface area contributed by atoms with Crippen molar-refractivity contribution in [2.24, 2.45) is 17.8 Å². The van der Waals surface area contributed by atoms with Crippen molar-refractivity contribution in [1.82, 2.24) is 15.1 Å². The van der Waals surface area contributed by atoms with Crippen LogP contribution in [0.25, 0.3) is 0 Å². The zero-order chi connectivity index (χ0) is 45.5. The first-order valence-corrected chi connectivity index (χ1v) is 23.5. The monoisotopic (exact) mass is 925 g/mol. The number of piperidine rings is 1. The molecule has 2 aliphatic heterocycles. The molecular formula is C51H57Cl2N3O9. The first-order valence-electron chi connectivity index (χ1n) is 22.8. The lowest BCUT2D eigenvalue weighted by Gasteiger charge is -2.36. The van der Waals surface area contributed by atoms with Gasteiger partial charge in [-0.25, -0.2) is 0 Å². The molecule has 3 amide bonds. The Balaban J connectivity index is 0.844. The minimum absolute atomic E-state index is 0.0255. The number of hydrogen-bond donors (Lipinski definition) is 1. The van der Waals surface area contributed by atoms with E-state index in [1.54, 1.807) is 31.4 Å². The molecule has 0 aromatic heterocycles. The summed E-state index contributed by atoms with van der Waals surface area (Å²) in [6.07, 6.45) is 5.48. The van der Waals surface area contributed by atoms with Crippen molar-refractivity contribution in [1.29, 1.82) is 0 Å². The standard InChI is InChI=1S/C51H57Cl2N3O9/c1-32-23-45(52)47(46(53)24-32)63-22-21-62-38-14-10-35(11-15-38)40-16-17-54-29-44(40)50(59)56(37-12-13-37)30-34-25-33(7-5-19-61-2)26-39(27-34)65-31-36-28-43(36)51(60)64-20-6-18-55-48(57)41-8-3-4-9-42(41)49(55)58/h3-4,8-11,14-15,23-27,36-37,40,43-44,54H,5-7,12-13,16-22,28-31H2,1-2H3/t36-,40+,43+,44-/m0/s1. The van der Waals surface area contributed by atoms with Crippen molar-refractivity contribution < 1.29 is 42.9 Å². The fourth-order valence-electron chi connectivity index (χ4n) is 8.98. The highest BCUT2D eigenvalue weighted by atomic mass is 35.5. The molecule has 65 heavy (non-hydrogen) atoms. The fraction of sp³-hybridized carbons (Fsp3) is 0.451. The summed E-state index contributed by atoms with van der Waals surface area (Å²) in [6.45, 7) is 5.74. The van der Waals surface area contributed by atoms with Gasteiger partial charge in [-0.15, -0.1) is 0 Å². The number of halogens is 2. The van der Waals surface area contributed by atoms with Gasteiger partial charge in [0.15, 0.2) is 5.75 Å². The lowest BCUT2D eigenvalue weighted by molar-refractivity contribution is -0.145. The van der Waals surface area contributed by atoms with Crippen LogP contribution in [0.3, 0.4) is 0 Å². The minimum atomic E-state index is -0.314. The van der Waals surface area contributed by atoms with Crippen LogP contribution in [0.4, 0.5) is 0 Å². The number of carbonyl (C=O) groups is 4. The Morgan fingerprint density at radius 3 is 2.20 bits per heavy atom. The molecule has 2 saturated carbocycles. The molecule has 2 heterocycles. The SMILES string of the molecule is COCCCc1cc(CN(C(=O)[C@H]2CNCC[C@@H]2c2ccc(OCCOc3c(Cl)cc(C)cc3Cl)cc2)C2CC2)cc(OC[C@@H]2C[C@H]2C(=O)OCCCN2C(=O)c3ccccc3C2=O)c1. The largest absolute Gasteiger partial charge is 0.493 e. The van der Waals surface area contributed by atoms with Gasteiger partial charge in [-0.2, -0.15) is 0 Å². The Labute approximate surface area is 390 Å². The van der Waals surface area contributed by atoms with Gasteiger partial charge in [0, 0.05) is 45.3 Å². The molecule has 12 nitrogen and oxygen atoms in total. The number of benzene rings is 4.